The molecule has 3 rings (SSSR count). The number of unbranched alkanes of at least 4 members (excludes halogenated alkanes) is 2. The van der Waals surface area contributed by atoms with Crippen LogP contribution in [0.25, 0.3) is 0 Å². The Kier molecular flexibility index (Phi) is 11.4. The van der Waals surface area contributed by atoms with E-state index in [2.05, 4.69) is 0 Å². The molecule has 0 bridgehead atoms. The van der Waals surface area contributed by atoms with E-state index in [1.54, 1.807) is 0 Å². The number of hydrogen-bond acceptors (Lipinski definition) is 6. The monoisotopic (exact) mass is 654 g/mol. The van der Waals surface area contributed by atoms with Crippen molar-refractivity contribution in [3.05, 3.63) is 78.6 Å². The molecule has 0 amide bonds. The van der Waals surface area contributed by atoms with Gasteiger partial charge in [0.25, 0.3) is 0 Å². The summed E-state index contributed by atoms with van der Waals surface area (Å²) in [6, 6.07) is 15.1. The summed E-state index contributed by atoms with van der Waals surface area (Å²) in [5.41, 5.74) is 0. The van der Waals surface area contributed by atoms with Gasteiger partial charge in [0, 0.05) is 14.7 Å². The Morgan fingerprint density at radius 1 is 0.698 bits per heavy atom. The van der Waals surface area contributed by atoms with E-state index < -0.39 is 43.8 Å². The molecule has 3 aromatic carbocycles. The number of benzene rings is 3. The summed E-state index contributed by atoms with van der Waals surface area (Å²) >= 11 is 0. The minimum absolute atomic E-state index is 0.0394. The highest BCUT2D eigenvalue weighted by molar-refractivity contribution is 8.33. The number of ether oxygens (including phenoxy) is 2. The van der Waals surface area contributed by atoms with Crippen LogP contribution >= 0.6 is 10.3 Å². The fourth-order valence-corrected chi connectivity index (χ4v) is 8.95. The molecule has 238 valence electrons. The maximum Gasteiger partial charge on any atom is 0.421 e. The first kappa shape index (κ1) is 34.5. The summed E-state index contributed by atoms with van der Waals surface area (Å²) in [5.74, 6) is -0.0491. The Balaban J connectivity index is 2.27. The van der Waals surface area contributed by atoms with Crippen molar-refractivity contribution >= 4 is 20.4 Å². The maximum absolute atomic E-state index is 14.9. The van der Waals surface area contributed by atoms with Gasteiger partial charge in [-0.2, -0.15) is 30.4 Å². The van der Waals surface area contributed by atoms with Crippen molar-refractivity contribution in [2.75, 3.05) is 13.2 Å². The molecule has 0 aliphatic heterocycles. The predicted octanol–water partition coefficient (Wildman–Crippen LogP) is 8.24. The van der Waals surface area contributed by atoms with Crippen LogP contribution in [-0.2, 0) is 13.7 Å². The second kappa shape index (κ2) is 14.2. The molecule has 0 saturated heterocycles. The van der Waals surface area contributed by atoms with Crippen LogP contribution in [0.1, 0.15) is 39.5 Å². The van der Waals surface area contributed by atoms with Crippen molar-refractivity contribution < 1.29 is 53.0 Å². The largest absolute Gasteiger partial charge is 0.494 e. The van der Waals surface area contributed by atoms with Crippen molar-refractivity contribution in [2.45, 2.75) is 71.8 Å². The summed E-state index contributed by atoms with van der Waals surface area (Å²) in [6.45, 7) is 4.63. The van der Waals surface area contributed by atoms with Crippen molar-refractivity contribution in [1.29, 1.82) is 0 Å². The highest BCUT2D eigenvalue weighted by Gasteiger charge is 2.65. The van der Waals surface area contributed by atoms with Gasteiger partial charge in [0.05, 0.1) is 13.2 Å². The molecule has 6 nitrogen and oxygen atoms in total. The van der Waals surface area contributed by atoms with Gasteiger partial charge >= 0.3 is 21.5 Å². The van der Waals surface area contributed by atoms with Gasteiger partial charge in [-0.1, -0.05) is 26.7 Å². The van der Waals surface area contributed by atoms with Crippen LogP contribution in [0.2, 0.25) is 0 Å². The molecule has 0 aliphatic carbocycles. The molecule has 0 heterocycles. The molecule has 0 saturated carbocycles. The normalized spacial score (nSPS) is 13.9. The quantitative estimate of drug-likeness (QED) is 0.131. The lowest BCUT2D eigenvalue weighted by Crippen LogP contribution is -2.50. The van der Waals surface area contributed by atoms with Crippen LogP contribution in [-0.4, -0.2) is 44.3 Å². The van der Waals surface area contributed by atoms with E-state index in [-0.39, 0.29) is 14.7 Å². The van der Waals surface area contributed by atoms with E-state index in [9.17, 15) is 39.9 Å². The average molecular weight is 655 g/mol. The summed E-state index contributed by atoms with van der Waals surface area (Å²) in [5, 5.41) is 3.56. The van der Waals surface area contributed by atoms with E-state index in [4.69, 9.17) is 13.1 Å². The number of hydrogen-bond donors (Lipinski definition) is 1. The third-order valence-electron chi connectivity index (χ3n) is 6.14. The molecule has 3 aromatic rings. The Morgan fingerprint density at radius 3 is 1.42 bits per heavy atom. The zero-order chi connectivity index (χ0) is 31.9. The second-order valence-electron chi connectivity index (χ2n) is 9.39. The van der Waals surface area contributed by atoms with Crippen LogP contribution in [0, 0.1) is 5.82 Å². The maximum atomic E-state index is 14.9. The zero-order valence-electron chi connectivity index (χ0n) is 23.3. The predicted molar refractivity (Wildman–Crippen MR) is 149 cm³/mol. The topological polar surface area (TPSA) is 82.1 Å². The number of halogens is 6. The summed E-state index contributed by atoms with van der Waals surface area (Å²) < 4.78 is 126. The lowest BCUT2D eigenvalue weighted by molar-refractivity contribution is -0.248. The van der Waals surface area contributed by atoms with Crippen molar-refractivity contribution in [3.63, 3.8) is 0 Å². The van der Waals surface area contributed by atoms with E-state index >= 15 is 0 Å². The standard InChI is InChI=1S/C29H32F6O6S2/c1-3-5-19-39-22-9-15-25(16-10-22)42(24-13-7-21(30)8-14-24,26-17-11-23(12-18-26)40-20-6-4-2)41-43(37,38)29(34,35)27(36)28(31,32)33/h7-18,27,36H,3-6,19-20H2,1-2H3. The Labute approximate surface area is 248 Å². The Morgan fingerprint density at radius 2 is 1.07 bits per heavy atom. The second-order valence-corrected chi connectivity index (χ2v) is 13.9. The molecule has 14 heteroatoms. The molecule has 1 N–H and O–H groups in total. The van der Waals surface area contributed by atoms with Crippen LogP contribution in [0.15, 0.2) is 87.5 Å². The first-order valence-corrected chi connectivity index (χ1v) is 16.3. The van der Waals surface area contributed by atoms with Crippen molar-refractivity contribution in [3.8, 4) is 11.5 Å². The van der Waals surface area contributed by atoms with E-state index in [0.29, 0.717) is 24.7 Å². The van der Waals surface area contributed by atoms with Crippen LogP contribution in [0.5, 0.6) is 11.5 Å². The summed E-state index contributed by atoms with van der Waals surface area (Å²) in [4.78, 5) is -0.209. The first-order valence-electron chi connectivity index (χ1n) is 13.3. The van der Waals surface area contributed by atoms with E-state index in [1.165, 1.54) is 48.5 Å². The van der Waals surface area contributed by atoms with Crippen molar-refractivity contribution in [2.24, 2.45) is 0 Å². The SMILES string of the molecule is CCCCOc1ccc(S(OS(=O)(=O)C(F)(F)C(O)C(F)(F)F)(c2ccc(F)cc2)c2ccc(OCCCC)cc2)cc1. The Bertz CT molecular complexity index is 1360. The minimum atomic E-state index is -6.53. The van der Waals surface area contributed by atoms with Gasteiger partial charge < -0.3 is 14.6 Å². The highest BCUT2D eigenvalue weighted by atomic mass is 32.3. The fourth-order valence-electron chi connectivity index (χ4n) is 3.78. The molecule has 1 atom stereocenters. The number of rotatable bonds is 15. The van der Waals surface area contributed by atoms with Gasteiger partial charge in [-0.15, -0.1) is 0 Å². The number of alkyl halides is 5. The number of aliphatic hydroxyl groups excluding tert-OH is 1. The van der Waals surface area contributed by atoms with Gasteiger partial charge in [0.15, 0.2) is 0 Å². The minimum Gasteiger partial charge on any atom is -0.494 e. The van der Waals surface area contributed by atoms with Gasteiger partial charge in [0.1, 0.15) is 17.3 Å². The van der Waals surface area contributed by atoms with Crippen LogP contribution in [0.3, 0.4) is 0 Å². The van der Waals surface area contributed by atoms with Crippen molar-refractivity contribution in [1.82, 2.24) is 0 Å². The molecule has 0 radical (unpaired) electrons. The highest BCUT2D eigenvalue weighted by Crippen LogP contribution is 2.71. The molecule has 1 unspecified atom stereocenters. The zero-order valence-corrected chi connectivity index (χ0v) is 25.0. The molecule has 0 aliphatic rings. The van der Waals surface area contributed by atoms with E-state index in [1.807, 2.05) is 13.8 Å². The van der Waals surface area contributed by atoms with E-state index in [0.717, 1.165) is 49.9 Å². The van der Waals surface area contributed by atoms with Gasteiger partial charge in [0.2, 0.25) is 6.10 Å². The van der Waals surface area contributed by atoms with Gasteiger partial charge in [-0.25, -0.2) is 8.02 Å². The Hall–Kier alpha value is -2.94. The lowest BCUT2D eigenvalue weighted by atomic mass is 10.3. The molecule has 0 fully saturated rings. The van der Waals surface area contributed by atoms with Crippen LogP contribution < -0.4 is 9.47 Å². The third kappa shape index (κ3) is 7.97. The summed E-state index contributed by atoms with van der Waals surface area (Å²) in [7, 11) is -10.4. The molecule has 43 heavy (non-hydrogen) atoms. The smallest absolute Gasteiger partial charge is 0.421 e. The molecular formula is C29H32F6O6S2. The van der Waals surface area contributed by atoms with Gasteiger partial charge in [-0.05, 0) is 95.9 Å². The molecular weight excluding hydrogens is 622 g/mol. The summed E-state index contributed by atoms with van der Waals surface area (Å²) in [6.07, 6.45) is -7.42. The fraction of sp³-hybridized carbons (Fsp3) is 0.379. The third-order valence-corrected chi connectivity index (χ3v) is 11.4. The average Bonchev–Trinajstić information content (AvgIpc) is 2.96. The lowest BCUT2D eigenvalue weighted by Gasteiger charge is -2.40. The first-order chi connectivity index (χ1) is 20.2. The molecule has 0 spiro atoms. The van der Waals surface area contributed by atoms with Gasteiger partial charge in [-0.3, -0.25) is 0 Å². The number of aliphatic hydroxyl groups is 1. The van der Waals surface area contributed by atoms with Crippen LogP contribution in [0.4, 0.5) is 26.3 Å². The molecule has 0 aromatic heterocycles.